The molecule has 0 radical (unpaired) electrons. The fraction of sp³-hybridized carbons (Fsp3) is 0.125. The second-order valence-corrected chi connectivity index (χ2v) is 5.55. The lowest BCUT2D eigenvalue weighted by Crippen LogP contribution is -2.13. The molecule has 2 aromatic rings. The molecule has 0 fully saturated rings. The lowest BCUT2D eigenvalue weighted by atomic mass is 10.2. The molecule has 0 spiro atoms. The molecule has 0 saturated heterocycles. The number of benzene rings is 2. The third-order valence-electron chi connectivity index (χ3n) is 2.73. The molecule has 0 unspecified atom stereocenters. The standard InChI is InChI=1S/C16H12BrClO4/c1-2-21-15(19)12-9-10(17)7-8-14(12)22-16(20)11-5-3-4-6-13(11)18/h3-9H,2H2,1H3. The number of hydrogen-bond acceptors (Lipinski definition) is 4. The highest BCUT2D eigenvalue weighted by Gasteiger charge is 2.19. The van der Waals surface area contributed by atoms with Crippen molar-refractivity contribution < 1.29 is 19.1 Å². The van der Waals surface area contributed by atoms with Crippen molar-refractivity contribution in [3.05, 3.63) is 63.1 Å². The fourth-order valence-electron chi connectivity index (χ4n) is 1.74. The lowest BCUT2D eigenvalue weighted by molar-refractivity contribution is 0.0520. The molecule has 6 heteroatoms. The molecule has 22 heavy (non-hydrogen) atoms. The lowest BCUT2D eigenvalue weighted by Gasteiger charge is -2.10. The van der Waals surface area contributed by atoms with Gasteiger partial charge in [-0.25, -0.2) is 9.59 Å². The van der Waals surface area contributed by atoms with Gasteiger partial charge in [-0.05, 0) is 37.3 Å². The Morgan fingerprint density at radius 2 is 1.82 bits per heavy atom. The Morgan fingerprint density at radius 3 is 2.50 bits per heavy atom. The first-order chi connectivity index (χ1) is 10.5. The smallest absolute Gasteiger partial charge is 0.345 e. The molecule has 0 aliphatic carbocycles. The molecule has 0 bridgehead atoms. The van der Waals surface area contributed by atoms with E-state index in [0.29, 0.717) is 4.47 Å². The second-order valence-electron chi connectivity index (χ2n) is 4.23. The minimum absolute atomic E-state index is 0.117. The number of hydrogen-bond donors (Lipinski definition) is 0. The highest BCUT2D eigenvalue weighted by Crippen LogP contribution is 2.26. The highest BCUT2D eigenvalue weighted by molar-refractivity contribution is 9.10. The van der Waals surface area contributed by atoms with Gasteiger partial charge in [0.25, 0.3) is 0 Å². The number of rotatable bonds is 4. The first-order valence-electron chi connectivity index (χ1n) is 6.46. The quantitative estimate of drug-likeness (QED) is 0.576. The monoisotopic (exact) mass is 382 g/mol. The third kappa shape index (κ3) is 3.87. The summed E-state index contributed by atoms with van der Waals surface area (Å²) >= 11 is 9.23. The molecule has 0 aromatic heterocycles. The third-order valence-corrected chi connectivity index (χ3v) is 3.56. The van der Waals surface area contributed by atoms with E-state index in [9.17, 15) is 9.59 Å². The van der Waals surface area contributed by atoms with Crippen LogP contribution in [0.25, 0.3) is 0 Å². The van der Waals surface area contributed by atoms with Crippen molar-refractivity contribution in [2.45, 2.75) is 6.92 Å². The van der Waals surface area contributed by atoms with Gasteiger partial charge < -0.3 is 9.47 Å². The summed E-state index contributed by atoms with van der Waals surface area (Å²) in [6.45, 7) is 1.93. The zero-order valence-electron chi connectivity index (χ0n) is 11.6. The summed E-state index contributed by atoms with van der Waals surface area (Å²) in [5.74, 6) is -1.09. The molecular weight excluding hydrogens is 372 g/mol. The first kappa shape index (κ1) is 16.5. The summed E-state index contributed by atoms with van der Waals surface area (Å²) < 4.78 is 10.9. The maximum Gasteiger partial charge on any atom is 0.345 e. The van der Waals surface area contributed by atoms with Gasteiger partial charge in [0.2, 0.25) is 0 Å². The van der Waals surface area contributed by atoms with E-state index in [1.54, 1.807) is 37.3 Å². The summed E-state index contributed by atoms with van der Waals surface area (Å²) in [7, 11) is 0. The van der Waals surface area contributed by atoms with E-state index in [1.807, 2.05) is 0 Å². The van der Waals surface area contributed by atoms with E-state index >= 15 is 0 Å². The fourth-order valence-corrected chi connectivity index (χ4v) is 2.32. The Kier molecular flexibility index (Phi) is 5.57. The molecule has 114 valence electrons. The zero-order valence-corrected chi connectivity index (χ0v) is 14.0. The number of halogens is 2. The van der Waals surface area contributed by atoms with Crippen molar-refractivity contribution in [1.82, 2.24) is 0 Å². The average Bonchev–Trinajstić information content (AvgIpc) is 2.49. The molecule has 0 amide bonds. The van der Waals surface area contributed by atoms with Crippen molar-refractivity contribution in [3.63, 3.8) is 0 Å². The van der Waals surface area contributed by atoms with Crippen LogP contribution in [0.5, 0.6) is 5.75 Å². The van der Waals surface area contributed by atoms with Gasteiger partial charge in [-0.3, -0.25) is 0 Å². The minimum atomic E-state index is -0.640. The summed E-state index contributed by atoms with van der Waals surface area (Å²) in [6, 6.07) is 11.2. The molecule has 0 N–H and O–H groups in total. The molecule has 4 nitrogen and oxygen atoms in total. The van der Waals surface area contributed by atoms with Gasteiger partial charge in [0.1, 0.15) is 11.3 Å². The van der Waals surface area contributed by atoms with E-state index in [-0.39, 0.29) is 28.5 Å². The number of ether oxygens (including phenoxy) is 2. The van der Waals surface area contributed by atoms with E-state index in [2.05, 4.69) is 15.9 Å². The molecule has 2 aromatic carbocycles. The van der Waals surface area contributed by atoms with Crippen molar-refractivity contribution in [1.29, 1.82) is 0 Å². The van der Waals surface area contributed by atoms with Crippen LogP contribution < -0.4 is 4.74 Å². The number of carbonyl (C=O) groups excluding carboxylic acids is 2. The van der Waals surface area contributed by atoms with Crippen LogP contribution in [0.15, 0.2) is 46.9 Å². The minimum Gasteiger partial charge on any atom is -0.462 e. The van der Waals surface area contributed by atoms with Crippen LogP contribution >= 0.6 is 27.5 Å². The van der Waals surface area contributed by atoms with Crippen molar-refractivity contribution in [3.8, 4) is 5.75 Å². The molecule has 0 saturated carbocycles. The first-order valence-corrected chi connectivity index (χ1v) is 7.63. The van der Waals surface area contributed by atoms with Crippen LogP contribution in [0.2, 0.25) is 5.02 Å². The Morgan fingerprint density at radius 1 is 1.09 bits per heavy atom. The van der Waals surface area contributed by atoms with Crippen LogP contribution in [0.1, 0.15) is 27.6 Å². The van der Waals surface area contributed by atoms with E-state index < -0.39 is 11.9 Å². The van der Waals surface area contributed by atoms with Crippen LogP contribution in [0.3, 0.4) is 0 Å². The molecule has 0 aliphatic rings. The Bertz CT molecular complexity index is 715. The van der Waals surface area contributed by atoms with Gasteiger partial charge in [0.05, 0.1) is 17.2 Å². The molecule has 0 aliphatic heterocycles. The van der Waals surface area contributed by atoms with E-state index in [0.717, 1.165) is 0 Å². The summed E-state index contributed by atoms with van der Waals surface area (Å²) in [5, 5.41) is 0.280. The van der Waals surface area contributed by atoms with Gasteiger partial charge in [0.15, 0.2) is 0 Å². The summed E-state index contributed by atoms with van der Waals surface area (Å²) in [4.78, 5) is 24.1. The second kappa shape index (κ2) is 7.42. The van der Waals surface area contributed by atoms with Crippen molar-refractivity contribution in [2.75, 3.05) is 6.61 Å². The number of esters is 2. The van der Waals surface area contributed by atoms with Crippen LogP contribution in [-0.4, -0.2) is 18.5 Å². The normalized spacial score (nSPS) is 10.1. The van der Waals surface area contributed by atoms with Crippen LogP contribution in [0, 0.1) is 0 Å². The van der Waals surface area contributed by atoms with Gasteiger partial charge in [0, 0.05) is 4.47 Å². The summed E-state index contributed by atoms with van der Waals surface area (Å²) in [6.07, 6.45) is 0. The Hall–Kier alpha value is -1.85. The maximum absolute atomic E-state index is 12.2. The maximum atomic E-state index is 12.2. The van der Waals surface area contributed by atoms with E-state index in [1.165, 1.54) is 12.1 Å². The Labute approximate surface area is 141 Å². The summed E-state index contributed by atoms with van der Waals surface area (Å²) in [5.41, 5.74) is 0.388. The molecule has 2 rings (SSSR count). The predicted molar refractivity (Wildman–Crippen MR) is 86.5 cm³/mol. The molecule has 0 heterocycles. The van der Waals surface area contributed by atoms with E-state index in [4.69, 9.17) is 21.1 Å². The predicted octanol–water partition coefficient (Wildman–Crippen LogP) is 4.50. The highest BCUT2D eigenvalue weighted by atomic mass is 79.9. The van der Waals surface area contributed by atoms with Crippen LogP contribution in [-0.2, 0) is 4.74 Å². The van der Waals surface area contributed by atoms with Gasteiger partial charge >= 0.3 is 11.9 Å². The Balaban J connectivity index is 2.31. The molecule has 0 atom stereocenters. The van der Waals surface area contributed by atoms with Crippen molar-refractivity contribution >= 4 is 39.5 Å². The van der Waals surface area contributed by atoms with Gasteiger partial charge in [-0.2, -0.15) is 0 Å². The zero-order chi connectivity index (χ0) is 16.1. The average molecular weight is 384 g/mol. The topological polar surface area (TPSA) is 52.6 Å². The number of carbonyl (C=O) groups is 2. The van der Waals surface area contributed by atoms with Gasteiger partial charge in [-0.15, -0.1) is 0 Å². The van der Waals surface area contributed by atoms with Crippen LogP contribution in [0.4, 0.5) is 0 Å². The SMILES string of the molecule is CCOC(=O)c1cc(Br)ccc1OC(=O)c1ccccc1Cl. The molecular formula is C16H12BrClO4. The van der Waals surface area contributed by atoms with Crippen molar-refractivity contribution in [2.24, 2.45) is 0 Å². The largest absolute Gasteiger partial charge is 0.462 e. The van der Waals surface area contributed by atoms with Gasteiger partial charge in [-0.1, -0.05) is 39.7 Å².